The first-order valence-electron chi connectivity index (χ1n) is 6.20. The maximum absolute atomic E-state index is 12.2. The van der Waals surface area contributed by atoms with Gasteiger partial charge >= 0.3 is 0 Å². The summed E-state index contributed by atoms with van der Waals surface area (Å²) in [6, 6.07) is 10.0. The Kier molecular flexibility index (Phi) is 5.94. The van der Waals surface area contributed by atoms with E-state index in [0.717, 1.165) is 18.1 Å². The molecule has 3 heteroatoms. The topological polar surface area (TPSA) is 26.3 Å². The van der Waals surface area contributed by atoms with E-state index in [1.165, 1.54) is 0 Å². The van der Waals surface area contributed by atoms with Crippen molar-refractivity contribution < 1.29 is 9.30 Å². The van der Waals surface area contributed by atoms with Gasteiger partial charge in [0.15, 0.2) is 0 Å². The first-order valence-corrected chi connectivity index (χ1v) is 8.73. The lowest BCUT2D eigenvalue weighted by molar-refractivity contribution is 0.162. The van der Waals surface area contributed by atoms with Gasteiger partial charge in [-0.2, -0.15) is 0 Å². The zero-order chi connectivity index (χ0) is 12.7. The monoisotopic (exact) mass is 254 g/mol. The number of benzene rings is 1. The Bertz CT molecular complexity index is 362. The first kappa shape index (κ1) is 14.5. The van der Waals surface area contributed by atoms with Crippen LogP contribution in [0.2, 0.25) is 0 Å². The molecule has 1 aromatic carbocycles. The summed E-state index contributed by atoms with van der Waals surface area (Å²) in [6.45, 7) is 6.69. The molecule has 1 rings (SSSR count). The third-order valence-electron chi connectivity index (χ3n) is 2.87. The van der Waals surface area contributed by atoms with Crippen molar-refractivity contribution in [3.63, 3.8) is 0 Å². The van der Waals surface area contributed by atoms with Crippen LogP contribution in [0.25, 0.3) is 0 Å². The van der Waals surface area contributed by atoms with Crippen molar-refractivity contribution in [2.45, 2.75) is 26.9 Å². The molecule has 0 aliphatic carbocycles. The van der Waals surface area contributed by atoms with E-state index in [2.05, 4.69) is 13.8 Å². The zero-order valence-corrected chi connectivity index (χ0v) is 12.0. The van der Waals surface area contributed by atoms with Crippen molar-refractivity contribution in [1.29, 1.82) is 0 Å². The Hall–Kier alpha value is -0.590. The fourth-order valence-corrected chi connectivity index (χ4v) is 3.93. The predicted molar refractivity (Wildman–Crippen MR) is 74.0 cm³/mol. The van der Waals surface area contributed by atoms with E-state index >= 15 is 0 Å². The fraction of sp³-hybridized carbons (Fsp3) is 0.571. The number of rotatable bonds is 7. The van der Waals surface area contributed by atoms with Gasteiger partial charge in [0.1, 0.15) is 7.14 Å². The summed E-state index contributed by atoms with van der Waals surface area (Å²) in [7, 11) is -2.12. The minimum absolute atomic E-state index is 0.395. The average molecular weight is 254 g/mol. The van der Waals surface area contributed by atoms with Crippen molar-refractivity contribution in [1.82, 2.24) is 0 Å². The van der Waals surface area contributed by atoms with Gasteiger partial charge in [0.25, 0.3) is 0 Å². The molecule has 17 heavy (non-hydrogen) atoms. The van der Waals surface area contributed by atoms with Gasteiger partial charge in [-0.05, 0) is 18.1 Å². The van der Waals surface area contributed by atoms with Crippen LogP contribution in [0.3, 0.4) is 0 Å². The molecule has 0 saturated carbocycles. The Labute approximate surface area is 105 Å². The minimum atomic E-state index is -2.12. The van der Waals surface area contributed by atoms with E-state index in [1.54, 1.807) is 0 Å². The Morgan fingerprint density at radius 2 is 1.94 bits per heavy atom. The average Bonchev–Trinajstić information content (AvgIpc) is 2.29. The van der Waals surface area contributed by atoms with E-state index in [1.807, 2.05) is 37.0 Å². The van der Waals surface area contributed by atoms with Crippen LogP contribution < -0.4 is 0 Å². The molecular formula is C14H23O2P. The molecule has 2 atom stereocenters. The lowest BCUT2D eigenvalue weighted by atomic mass is 10.2. The van der Waals surface area contributed by atoms with Crippen LogP contribution in [0.15, 0.2) is 30.3 Å². The van der Waals surface area contributed by atoms with Crippen molar-refractivity contribution in [2.24, 2.45) is 5.92 Å². The lowest BCUT2D eigenvalue weighted by Crippen LogP contribution is -2.05. The van der Waals surface area contributed by atoms with Crippen LogP contribution in [-0.2, 0) is 15.9 Å². The summed E-state index contributed by atoms with van der Waals surface area (Å²) >= 11 is 0. The molecule has 0 aliphatic heterocycles. The molecule has 0 N–H and O–H groups in total. The van der Waals surface area contributed by atoms with Crippen molar-refractivity contribution >= 4 is 7.14 Å². The highest BCUT2D eigenvalue weighted by Crippen LogP contribution is 2.43. The Balaban J connectivity index is 2.33. The maximum atomic E-state index is 12.2. The van der Waals surface area contributed by atoms with Crippen LogP contribution in [0, 0.1) is 5.92 Å². The van der Waals surface area contributed by atoms with Gasteiger partial charge in [-0.3, -0.25) is 0 Å². The molecule has 0 saturated heterocycles. The first-order chi connectivity index (χ1) is 8.03. The molecular weight excluding hydrogens is 231 g/mol. The van der Waals surface area contributed by atoms with Crippen LogP contribution in [0.4, 0.5) is 0 Å². The van der Waals surface area contributed by atoms with Gasteiger partial charge in [-0.1, -0.05) is 50.6 Å². The normalized spacial score (nSPS) is 16.4. The number of hydrogen-bond acceptors (Lipinski definition) is 2. The molecule has 0 amide bonds. The highest BCUT2D eigenvalue weighted by molar-refractivity contribution is 7.62. The standard InChI is InChI=1S/C14H23O2P/c1-4-13(2)11-17(3,15)12-16-10-14-8-6-5-7-9-14/h5-9,13H,4,10-12H2,1-3H3. The molecule has 0 fully saturated rings. The van der Waals surface area contributed by atoms with Gasteiger partial charge in [-0.15, -0.1) is 0 Å². The van der Waals surface area contributed by atoms with Crippen LogP contribution >= 0.6 is 7.14 Å². The summed E-state index contributed by atoms with van der Waals surface area (Å²) < 4.78 is 17.8. The van der Waals surface area contributed by atoms with Crippen LogP contribution in [0.5, 0.6) is 0 Å². The third-order valence-corrected chi connectivity index (χ3v) is 5.00. The Morgan fingerprint density at radius 1 is 1.29 bits per heavy atom. The number of ether oxygens (including phenoxy) is 1. The van der Waals surface area contributed by atoms with E-state index in [4.69, 9.17) is 4.74 Å². The lowest BCUT2D eigenvalue weighted by Gasteiger charge is -2.17. The van der Waals surface area contributed by atoms with Crippen LogP contribution in [-0.4, -0.2) is 19.2 Å². The second-order valence-corrected chi connectivity index (χ2v) is 8.17. The van der Waals surface area contributed by atoms with E-state index in [-0.39, 0.29) is 0 Å². The summed E-state index contributed by atoms with van der Waals surface area (Å²) in [6.07, 6.45) is 2.26. The van der Waals surface area contributed by atoms with Crippen molar-refractivity contribution in [2.75, 3.05) is 19.2 Å². The molecule has 0 heterocycles. The summed E-state index contributed by atoms with van der Waals surface area (Å²) in [5.41, 5.74) is 1.14. The van der Waals surface area contributed by atoms with Gasteiger partial charge in [0.2, 0.25) is 0 Å². The summed E-state index contributed by atoms with van der Waals surface area (Å²) in [5, 5.41) is 0. The summed E-state index contributed by atoms with van der Waals surface area (Å²) in [5.74, 6) is 0.520. The van der Waals surface area contributed by atoms with Crippen molar-refractivity contribution in [3.8, 4) is 0 Å². The molecule has 0 spiro atoms. The molecule has 2 unspecified atom stereocenters. The molecule has 0 radical (unpaired) electrons. The molecule has 0 bridgehead atoms. The van der Waals surface area contributed by atoms with Gasteiger partial charge < -0.3 is 9.30 Å². The predicted octanol–water partition coefficient (Wildman–Crippen LogP) is 4.20. The fourth-order valence-electron chi connectivity index (χ4n) is 1.77. The molecule has 2 nitrogen and oxygen atoms in total. The third kappa shape index (κ3) is 6.05. The van der Waals surface area contributed by atoms with E-state index < -0.39 is 7.14 Å². The summed E-state index contributed by atoms with van der Waals surface area (Å²) in [4.78, 5) is 0. The highest BCUT2D eigenvalue weighted by atomic mass is 31.2. The Morgan fingerprint density at radius 3 is 2.53 bits per heavy atom. The SMILES string of the molecule is CCC(C)CP(C)(=O)COCc1ccccc1. The van der Waals surface area contributed by atoms with Gasteiger partial charge in [0, 0.05) is 6.16 Å². The highest BCUT2D eigenvalue weighted by Gasteiger charge is 2.18. The smallest absolute Gasteiger partial charge is 0.109 e. The minimum Gasteiger partial charge on any atom is -0.369 e. The van der Waals surface area contributed by atoms with E-state index in [9.17, 15) is 4.57 Å². The van der Waals surface area contributed by atoms with Gasteiger partial charge in [0.05, 0.1) is 13.0 Å². The largest absolute Gasteiger partial charge is 0.369 e. The molecule has 0 aromatic heterocycles. The molecule has 96 valence electrons. The van der Waals surface area contributed by atoms with Crippen molar-refractivity contribution in [3.05, 3.63) is 35.9 Å². The quantitative estimate of drug-likeness (QED) is 0.682. The zero-order valence-electron chi connectivity index (χ0n) is 11.1. The second kappa shape index (κ2) is 6.98. The van der Waals surface area contributed by atoms with E-state index in [0.29, 0.717) is 18.9 Å². The van der Waals surface area contributed by atoms with Crippen LogP contribution in [0.1, 0.15) is 25.8 Å². The second-order valence-electron chi connectivity index (χ2n) is 4.96. The maximum Gasteiger partial charge on any atom is 0.109 e. The molecule has 1 aromatic rings. The number of hydrogen-bond donors (Lipinski definition) is 0. The molecule has 0 aliphatic rings. The van der Waals surface area contributed by atoms with Gasteiger partial charge in [-0.25, -0.2) is 0 Å².